The van der Waals surface area contributed by atoms with E-state index in [4.69, 9.17) is 0 Å². The minimum atomic E-state index is -0.415. The Kier molecular flexibility index (Phi) is 6.53. The highest BCUT2D eigenvalue weighted by Crippen LogP contribution is 2.32. The van der Waals surface area contributed by atoms with Gasteiger partial charge in [-0.1, -0.05) is 24.3 Å². The van der Waals surface area contributed by atoms with Crippen LogP contribution in [0.4, 0.5) is 21.4 Å². The van der Waals surface area contributed by atoms with E-state index < -0.39 is 17.1 Å². The van der Waals surface area contributed by atoms with E-state index in [1.807, 2.05) is 78.8 Å². The first-order valence-corrected chi connectivity index (χ1v) is 10.7. The summed E-state index contributed by atoms with van der Waals surface area (Å²) in [5.41, 5.74) is 2.25. The SMILES string of the molecule is Cc1ccccc1-c1cc2cnc(NC(=O)NC(C)(C)C)nc2nc1NC(=O)NC(C)(C)C. The zero-order valence-corrected chi connectivity index (χ0v) is 20.1. The molecule has 1 aromatic carbocycles. The van der Waals surface area contributed by atoms with Crippen LogP contribution in [-0.2, 0) is 0 Å². The minimum absolute atomic E-state index is 0.116. The molecule has 2 aromatic heterocycles. The van der Waals surface area contributed by atoms with Gasteiger partial charge >= 0.3 is 12.1 Å². The summed E-state index contributed by atoms with van der Waals surface area (Å²) in [6, 6.07) is 8.95. The third-order valence-corrected chi connectivity index (χ3v) is 4.44. The van der Waals surface area contributed by atoms with Gasteiger partial charge in [0.15, 0.2) is 5.65 Å². The number of fused-ring (bicyclic) bond motifs is 1. The fourth-order valence-corrected chi connectivity index (χ4v) is 3.15. The molecule has 3 aromatic rings. The molecule has 3 rings (SSSR count). The average molecular weight is 450 g/mol. The standard InChI is InChI=1S/C24H31N7O2/c1-14-10-8-9-11-16(14)17-12-15-13-25-20(29-22(33)31-24(5,6)7)27-18(15)26-19(17)28-21(32)30-23(2,3)4/h8-13H,1-7H3,(H4,25,26,27,28,29,30,31,32,33). The number of pyridine rings is 1. The zero-order valence-electron chi connectivity index (χ0n) is 20.1. The molecule has 0 unspecified atom stereocenters. The van der Waals surface area contributed by atoms with Crippen LogP contribution >= 0.6 is 0 Å². The van der Waals surface area contributed by atoms with E-state index >= 15 is 0 Å². The summed E-state index contributed by atoms with van der Waals surface area (Å²) in [5.74, 6) is 0.479. The maximum atomic E-state index is 12.6. The Bertz CT molecular complexity index is 1190. The fourth-order valence-electron chi connectivity index (χ4n) is 3.15. The highest BCUT2D eigenvalue weighted by atomic mass is 16.2. The molecule has 0 saturated carbocycles. The van der Waals surface area contributed by atoms with Gasteiger partial charge in [0, 0.05) is 28.2 Å². The average Bonchev–Trinajstić information content (AvgIpc) is 2.65. The molecule has 0 aliphatic carbocycles. The number of benzene rings is 1. The van der Waals surface area contributed by atoms with Crippen LogP contribution in [0.2, 0.25) is 0 Å². The molecule has 0 saturated heterocycles. The molecule has 0 radical (unpaired) electrons. The van der Waals surface area contributed by atoms with E-state index in [2.05, 4.69) is 36.2 Å². The van der Waals surface area contributed by atoms with Crippen molar-refractivity contribution in [2.24, 2.45) is 0 Å². The summed E-state index contributed by atoms with van der Waals surface area (Å²) < 4.78 is 0. The van der Waals surface area contributed by atoms with Crippen molar-refractivity contribution >= 4 is 34.9 Å². The van der Waals surface area contributed by atoms with Crippen LogP contribution < -0.4 is 21.3 Å². The van der Waals surface area contributed by atoms with Crippen molar-refractivity contribution in [1.29, 1.82) is 0 Å². The Morgan fingerprint density at radius 1 is 0.818 bits per heavy atom. The summed E-state index contributed by atoms with van der Waals surface area (Å²) >= 11 is 0. The molecular weight excluding hydrogens is 418 g/mol. The number of aryl methyl sites for hydroxylation is 1. The first-order chi connectivity index (χ1) is 15.3. The molecule has 174 valence electrons. The molecule has 0 fully saturated rings. The summed E-state index contributed by atoms with van der Waals surface area (Å²) in [5, 5.41) is 11.8. The van der Waals surface area contributed by atoms with E-state index in [-0.39, 0.29) is 12.0 Å². The molecule has 2 heterocycles. The Morgan fingerprint density at radius 2 is 1.42 bits per heavy atom. The third-order valence-electron chi connectivity index (χ3n) is 4.44. The van der Waals surface area contributed by atoms with E-state index in [0.29, 0.717) is 16.9 Å². The van der Waals surface area contributed by atoms with Crippen molar-refractivity contribution in [3.8, 4) is 11.1 Å². The lowest BCUT2D eigenvalue weighted by Crippen LogP contribution is -2.43. The molecule has 9 nitrogen and oxygen atoms in total. The van der Waals surface area contributed by atoms with Gasteiger partial charge in [0.05, 0.1) is 0 Å². The topological polar surface area (TPSA) is 121 Å². The number of nitrogens with one attached hydrogen (secondary N) is 4. The Balaban J connectivity index is 2.03. The van der Waals surface area contributed by atoms with Gasteiger partial charge in [-0.15, -0.1) is 0 Å². The monoisotopic (exact) mass is 449 g/mol. The fraction of sp³-hybridized carbons (Fsp3) is 0.375. The lowest BCUT2D eigenvalue weighted by Gasteiger charge is -2.21. The van der Waals surface area contributed by atoms with Gasteiger partial charge in [0.2, 0.25) is 5.95 Å². The van der Waals surface area contributed by atoms with Gasteiger partial charge in [0.1, 0.15) is 5.82 Å². The van der Waals surface area contributed by atoms with Gasteiger partial charge in [-0.05, 0) is 65.7 Å². The first-order valence-electron chi connectivity index (χ1n) is 10.7. The number of aromatic nitrogens is 3. The highest BCUT2D eigenvalue weighted by Gasteiger charge is 2.19. The second-order valence-corrected chi connectivity index (χ2v) is 9.96. The van der Waals surface area contributed by atoms with Crippen molar-refractivity contribution in [3.63, 3.8) is 0 Å². The number of urea groups is 2. The quantitative estimate of drug-likeness (QED) is 0.456. The summed E-state index contributed by atoms with van der Waals surface area (Å²) in [7, 11) is 0. The van der Waals surface area contributed by atoms with Crippen molar-refractivity contribution < 1.29 is 9.59 Å². The smallest absolute Gasteiger partial charge is 0.322 e. The van der Waals surface area contributed by atoms with E-state index in [0.717, 1.165) is 16.7 Å². The van der Waals surface area contributed by atoms with E-state index in [1.165, 1.54) is 0 Å². The summed E-state index contributed by atoms with van der Waals surface area (Å²) in [6.07, 6.45) is 1.60. The van der Waals surface area contributed by atoms with Crippen molar-refractivity contribution in [1.82, 2.24) is 25.6 Å². The van der Waals surface area contributed by atoms with Gasteiger partial charge in [-0.2, -0.15) is 4.98 Å². The molecule has 9 heteroatoms. The van der Waals surface area contributed by atoms with Gasteiger partial charge < -0.3 is 10.6 Å². The lowest BCUT2D eigenvalue weighted by molar-refractivity contribution is 0.242. The second kappa shape index (κ2) is 9.01. The van der Waals surface area contributed by atoms with Gasteiger partial charge in [0.25, 0.3) is 0 Å². The molecule has 0 aliphatic rings. The molecule has 0 spiro atoms. The Morgan fingerprint density at radius 3 is 2.03 bits per heavy atom. The van der Waals surface area contributed by atoms with Crippen LogP contribution in [0.5, 0.6) is 0 Å². The number of hydrogen-bond acceptors (Lipinski definition) is 5. The number of carbonyl (C=O) groups excluding carboxylic acids is 2. The second-order valence-electron chi connectivity index (χ2n) is 9.96. The van der Waals surface area contributed by atoms with Gasteiger partial charge in [-0.25, -0.2) is 19.6 Å². The van der Waals surface area contributed by atoms with Crippen LogP contribution in [0.3, 0.4) is 0 Å². The predicted octanol–water partition coefficient (Wildman–Crippen LogP) is 4.84. The molecule has 33 heavy (non-hydrogen) atoms. The Hall–Kier alpha value is -3.75. The normalized spacial score (nSPS) is 11.7. The number of nitrogens with zero attached hydrogens (tertiary/aromatic N) is 3. The third kappa shape index (κ3) is 6.61. The van der Waals surface area contributed by atoms with Crippen molar-refractivity contribution in [3.05, 3.63) is 42.1 Å². The van der Waals surface area contributed by atoms with Crippen LogP contribution in [0, 0.1) is 6.92 Å². The van der Waals surface area contributed by atoms with Crippen molar-refractivity contribution in [2.75, 3.05) is 10.6 Å². The van der Waals surface area contributed by atoms with Crippen LogP contribution in [0.1, 0.15) is 47.1 Å². The largest absolute Gasteiger partial charge is 0.333 e. The van der Waals surface area contributed by atoms with Crippen LogP contribution in [-0.4, -0.2) is 38.1 Å². The molecule has 4 N–H and O–H groups in total. The molecular formula is C24H31N7O2. The number of hydrogen-bond donors (Lipinski definition) is 4. The minimum Gasteiger partial charge on any atom is -0.333 e. The number of amides is 4. The van der Waals surface area contributed by atoms with Gasteiger partial charge in [-0.3, -0.25) is 10.6 Å². The number of rotatable bonds is 3. The van der Waals surface area contributed by atoms with Crippen LogP contribution in [0.15, 0.2) is 36.5 Å². The number of anilines is 2. The molecule has 0 atom stereocenters. The molecule has 0 bridgehead atoms. The van der Waals surface area contributed by atoms with Crippen LogP contribution in [0.25, 0.3) is 22.2 Å². The summed E-state index contributed by atoms with van der Waals surface area (Å²) in [6.45, 7) is 13.3. The highest BCUT2D eigenvalue weighted by molar-refractivity contribution is 5.97. The summed E-state index contributed by atoms with van der Waals surface area (Å²) in [4.78, 5) is 38.1. The molecule has 0 aliphatic heterocycles. The lowest BCUT2D eigenvalue weighted by atomic mass is 10.0. The maximum Gasteiger partial charge on any atom is 0.322 e. The maximum absolute atomic E-state index is 12.6. The first kappa shape index (κ1) is 23.9. The zero-order chi connectivity index (χ0) is 24.4. The Labute approximate surface area is 193 Å². The predicted molar refractivity (Wildman–Crippen MR) is 131 cm³/mol. The molecule has 4 amide bonds. The van der Waals surface area contributed by atoms with E-state index in [9.17, 15) is 9.59 Å². The number of carbonyl (C=O) groups is 2. The van der Waals surface area contributed by atoms with Crippen molar-refractivity contribution in [2.45, 2.75) is 59.5 Å². The van der Waals surface area contributed by atoms with E-state index in [1.54, 1.807) is 6.20 Å².